The fourth-order valence-corrected chi connectivity index (χ4v) is 1.84. The van der Waals surface area contributed by atoms with E-state index in [0.717, 1.165) is 18.8 Å². The van der Waals surface area contributed by atoms with E-state index in [0.29, 0.717) is 6.42 Å². The van der Waals surface area contributed by atoms with Gasteiger partial charge in [-0.3, -0.25) is 4.39 Å². The predicted molar refractivity (Wildman–Crippen MR) is 53.2 cm³/mol. The van der Waals surface area contributed by atoms with Crippen molar-refractivity contribution >= 4 is 11.3 Å². The zero-order valence-electron chi connectivity index (χ0n) is 7.68. The molecule has 74 valence electrons. The van der Waals surface area contributed by atoms with Crippen LogP contribution < -0.4 is 10.1 Å². The maximum Gasteiger partial charge on any atom is 0.134 e. The summed E-state index contributed by atoms with van der Waals surface area (Å²) in [5.41, 5.74) is 0. The normalized spacial score (nSPS) is 10.3. The van der Waals surface area contributed by atoms with Gasteiger partial charge >= 0.3 is 0 Å². The first kappa shape index (κ1) is 10.5. The number of nitrogens with one attached hydrogen (secondary N) is 1. The van der Waals surface area contributed by atoms with E-state index in [1.165, 1.54) is 4.88 Å². The van der Waals surface area contributed by atoms with Gasteiger partial charge in [-0.1, -0.05) is 0 Å². The van der Waals surface area contributed by atoms with Crippen molar-refractivity contribution in [2.75, 3.05) is 20.3 Å². The van der Waals surface area contributed by atoms with Gasteiger partial charge in [0, 0.05) is 6.54 Å². The molecule has 0 amide bonds. The van der Waals surface area contributed by atoms with Crippen molar-refractivity contribution in [1.29, 1.82) is 0 Å². The average Bonchev–Trinajstić information content (AvgIpc) is 2.60. The lowest BCUT2D eigenvalue weighted by Crippen LogP contribution is -2.14. The number of rotatable bonds is 6. The molecule has 0 spiro atoms. The SMILES string of the molecule is COc1ccsc1CNCCCF. The van der Waals surface area contributed by atoms with E-state index in [4.69, 9.17) is 4.74 Å². The van der Waals surface area contributed by atoms with Gasteiger partial charge in [-0.25, -0.2) is 0 Å². The third kappa shape index (κ3) is 3.32. The Balaban J connectivity index is 2.27. The third-order valence-electron chi connectivity index (χ3n) is 1.70. The molecule has 1 N–H and O–H groups in total. The second-order valence-electron chi connectivity index (χ2n) is 2.63. The summed E-state index contributed by atoms with van der Waals surface area (Å²) in [6.07, 6.45) is 0.577. The maximum atomic E-state index is 11.7. The van der Waals surface area contributed by atoms with Crippen molar-refractivity contribution in [3.8, 4) is 5.75 Å². The Bertz CT molecular complexity index is 239. The molecule has 1 heterocycles. The molecule has 0 fully saturated rings. The third-order valence-corrected chi connectivity index (χ3v) is 2.60. The van der Waals surface area contributed by atoms with Crippen LogP contribution in [-0.4, -0.2) is 20.3 Å². The molecule has 2 nitrogen and oxygen atoms in total. The number of methoxy groups -OCH3 is 1. The minimum Gasteiger partial charge on any atom is -0.496 e. The number of ether oxygens (including phenoxy) is 1. The first-order chi connectivity index (χ1) is 6.38. The standard InChI is InChI=1S/C9H14FNOS/c1-12-8-3-6-13-9(8)7-11-5-2-4-10/h3,6,11H,2,4-5,7H2,1H3. The van der Waals surface area contributed by atoms with Gasteiger partial charge in [0.2, 0.25) is 0 Å². The number of hydrogen-bond acceptors (Lipinski definition) is 3. The zero-order valence-corrected chi connectivity index (χ0v) is 8.49. The molecule has 0 aliphatic rings. The lowest BCUT2D eigenvalue weighted by molar-refractivity contribution is 0.409. The molecule has 0 radical (unpaired) electrons. The highest BCUT2D eigenvalue weighted by Gasteiger charge is 2.02. The number of hydrogen-bond donors (Lipinski definition) is 1. The lowest BCUT2D eigenvalue weighted by Gasteiger charge is -2.03. The van der Waals surface area contributed by atoms with Crippen LogP contribution in [0.15, 0.2) is 11.4 Å². The molecular weight excluding hydrogens is 189 g/mol. The van der Waals surface area contributed by atoms with Gasteiger partial charge in [0.05, 0.1) is 18.7 Å². The summed E-state index contributed by atoms with van der Waals surface area (Å²) in [4.78, 5) is 1.17. The Morgan fingerprint density at radius 3 is 3.15 bits per heavy atom. The Hall–Kier alpha value is -0.610. The van der Waals surface area contributed by atoms with Crippen LogP contribution in [0.3, 0.4) is 0 Å². The first-order valence-corrected chi connectivity index (χ1v) is 5.13. The minimum atomic E-state index is -0.255. The van der Waals surface area contributed by atoms with E-state index in [9.17, 15) is 4.39 Å². The highest BCUT2D eigenvalue weighted by Crippen LogP contribution is 2.23. The van der Waals surface area contributed by atoms with Crippen LogP contribution in [0.5, 0.6) is 5.75 Å². The Kier molecular flexibility index (Phi) is 4.78. The van der Waals surface area contributed by atoms with E-state index >= 15 is 0 Å². The van der Waals surface area contributed by atoms with E-state index in [1.807, 2.05) is 11.4 Å². The molecular formula is C9H14FNOS. The molecule has 0 aliphatic carbocycles. The largest absolute Gasteiger partial charge is 0.496 e. The molecule has 13 heavy (non-hydrogen) atoms. The van der Waals surface area contributed by atoms with E-state index in [2.05, 4.69) is 5.32 Å². The van der Waals surface area contributed by atoms with Gasteiger partial charge < -0.3 is 10.1 Å². The Labute approximate surface area is 81.7 Å². The smallest absolute Gasteiger partial charge is 0.134 e. The van der Waals surface area contributed by atoms with Crippen LogP contribution in [0, 0.1) is 0 Å². The highest BCUT2D eigenvalue weighted by atomic mass is 32.1. The van der Waals surface area contributed by atoms with Crippen LogP contribution in [0.2, 0.25) is 0 Å². The number of thiophene rings is 1. The molecule has 0 saturated heterocycles. The van der Waals surface area contributed by atoms with Gasteiger partial charge in [-0.15, -0.1) is 11.3 Å². The van der Waals surface area contributed by atoms with Gasteiger partial charge in [0.15, 0.2) is 0 Å². The van der Waals surface area contributed by atoms with Crippen LogP contribution in [0.25, 0.3) is 0 Å². The van der Waals surface area contributed by atoms with Gasteiger partial charge in [0.1, 0.15) is 5.75 Å². The molecule has 0 aliphatic heterocycles. The number of halogens is 1. The topological polar surface area (TPSA) is 21.3 Å². The Morgan fingerprint density at radius 1 is 1.62 bits per heavy atom. The number of alkyl halides is 1. The van der Waals surface area contributed by atoms with Crippen LogP contribution in [0.4, 0.5) is 4.39 Å². The van der Waals surface area contributed by atoms with Crippen LogP contribution in [0.1, 0.15) is 11.3 Å². The fraction of sp³-hybridized carbons (Fsp3) is 0.556. The van der Waals surface area contributed by atoms with Crippen LogP contribution in [-0.2, 0) is 6.54 Å². The molecule has 1 aromatic rings. The second kappa shape index (κ2) is 5.94. The molecule has 0 bridgehead atoms. The Morgan fingerprint density at radius 2 is 2.46 bits per heavy atom. The zero-order chi connectivity index (χ0) is 9.52. The average molecular weight is 203 g/mol. The van der Waals surface area contributed by atoms with Crippen molar-refractivity contribution in [3.63, 3.8) is 0 Å². The summed E-state index contributed by atoms with van der Waals surface area (Å²) in [7, 11) is 1.66. The first-order valence-electron chi connectivity index (χ1n) is 4.25. The second-order valence-corrected chi connectivity index (χ2v) is 3.63. The van der Waals surface area contributed by atoms with Crippen molar-refractivity contribution in [2.24, 2.45) is 0 Å². The molecule has 0 saturated carbocycles. The quantitative estimate of drug-likeness (QED) is 0.716. The maximum absolute atomic E-state index is 11.7. The fourth-order valence-electron chi connectivity index (χ4n) is 1.03. The molecule has 1 aromatic heterocycles. The van der Waals surface area contributed by atoms with Crippen molar-refractivity contribution < 1.29 is 9.13 Å². The molecule has 0 aromatic carbocycles. The minimum absolute atomic E-state index is 0.255. The molecule has 0 unspecified atom stereocenters. The molecule has 4 heteroatoms. The van der Waals surface area contributed by atoms with Gasteiger partial charge in [-0.05, 0) is 24.4 Å². The summed E-state index contributed by atoms with van der Waals surface area (Å²) in [5, 5.41) is 5.14. The van der Waals surface area contributed by atoms with Crippen molar-refractivity contribution in [2.45, 2.75) is 13.0 Å². The van der Waals surface area contributed by atoms with Crippen molar-refractivity contribution in [3.05, 3.63) is 16.3 Å². The predicted octanol–water partition coefficient (Wildman–Crippen LogP) is 2.21. The summed E-state index contributed by atoms with van der Waals surface area (Å²) >= 11 is 1.65. The van der Waals surface area contributed by atoms with Crippen molar-refractivity contribution in [1.82, 2.24) is 5.32 Å². The summed E-state index contributed by atoms with van der Waals surface area (Å²) in [6, 6.07) is 1.94. The van der Waals surface area contributed by atoms with Gasteiger partial charge in [0.25, 0.3) is 0 Å². The summed E-state index contributed by atoms with van der Waals surface area (Å²) in [6.45, 7) is 1.23. The van der Waals surface area contributed by atoms with Crippen LogP contribution >= 0.6 is 11.3 Å². The van der Waals surface area contributed by atoms with E-state index in [1.54, 1.807) is 18.4 Å². The summed E-state index contributed by atoms with van der Waals surface area (Å²) in [5.74, 6) is 0.915. The van der Waals surface area contributed by atoms with E-state index < -0.39 is 0 Å². The molecule has 1 rings (SSSR count). The lowest BCUT2D eigenvalue weighted by atomic mass is 10.4. The molecule has 0 atom stereocenters. The van der Waals surface area contributed by atoms with Gasteiger partial charge in [-0.2, -0.15) is 0 Å². The monoisotopic (exact) mass is 203 g/mol. The van der Waals surface area contributed by atoms with E-state index in [-0.39, 0.29) is 6.67 Å². The summed E-state index contributed by atoms with van der Waals surface area (Å²) < 4.78 is 16.9. The highest BCUT2D eigenvalue weighted by molar-refractivity contribution is 7.10.